The van der Waals surface area contributed by atoms with Gasteiger partial charge in [-0.1, -0.05) is 0 Å². The van der Waals surface area contributed by atoms with E-state index in [2.05, 4.69) is 0 Å². The van der Waals surface area contributed by atoms with Crippen LogP contribution in [0.3, 0.4) is 0 Å². The van der Waals surface area contributed by atoms with Crippen LogP contribution in [-0.2, 0) is 0 Å². The molecule has 1 rings (SSSR count). The van der Waals surface area contributed by atoms with Crippen LogP contribution < -0.4 is 0 Å². The minimum Gasteiger partial charge on any atom is -0.192 e. The summed E-state index contributed by atoms with van der Waals surface area (Å²) < 4.78 is 0.212. The molecule has 0 aromatic carbocycles. The lowest BCUT2D eigenvalue weighted by molar-refractivity contribution is 1.44. The minimum absolute atomic E-state index is 0.193. The highest BCUT2D eigenvalue weighted by atomic mass is 32.2. The molecular formula is C7H4N2S2. The molecule has 0 aliphatic carbocycles. The van der Waals surface area contributed by atoms with Crippen molar-refractivity contribution in [2.75, 3.05) is 0 Å². The summed E-state index contributed by atoms with van der Waals surface area (Å²) in [6.45, 7) is 0. The van der Waals surface area contributed by atoms with Gasteiger partial charge in [-0.2, -0.15) is 10.5 Å². The van der Waals surface area contributed by atoms with Crippen molar-refractivity contribution in [3.05, 3.63) is 22.5 Å². The lowest BCUT2D eigenvalue weighted by atomic mass is 10.3. The largest absolute Gasteiger partial charge is 0.192 e. The Kier molecular flexibility index (Phi) is 3.10. The lowest BCUT2D eigenvalue weighted by Gasteiger charge is -1.97. The maximum absolute atomic E-state index is 8.41. The van der Waals surface area contributed by atoms with E-state index in [0.717, 1.165) is 0 Å². The molecule has 0 fully saturated rings. The van der Waals surface area contributed by atoms with E-state index >= 15 is 0 Å². The molecule has 0 radical (unpaired) electrons. The molecule has 54 valence electrons. The van der Waals surface area contributed by atoms with E-state index in [-0.39, 0.29) is 10.2 Å². The van der Waals surface area contributed by atoms with E-state index in [1.165, 1.54) is 0 Å². The number of hydrogen-bond acceptors (Lipinski definition) is 4. The predicted molar refractivity (Wildman–Crippen MR) is 47.4 cm³/mol. The SMILES string of the molecule is N#CC(C#N)=CC1SC=CS1. The highest BCUT2D eigenvalue weighted by molar-refractivity contribution is 8.22. The van der Waals surface area contributed by atoms with Crippen molar-refractivity contribution in [2.24, 2.45) is 0 Å². The number of nitrogens with zero attached hydrogens (tertiary/aromatic N) is 2. The number of allylic oxidation sites excluding steroid dienone is 1. The molecule has 0 bridgehead atoms. The van der Waals surface area contributed by atoms with E-state index in [1.807, 2.05) is 23.0 Å². The fourth-order valence-electron chi connectivity index (χ4n) is 0.565. The molecule has 0 atom stereocenters. The topological polar surface area (TPSA) is 47.6 Å². The summed E-state index contributed by atoms with van der Waals surface area (Å²) >= 11 is 3.21. The zero-order valence-electron chi connectivity index (χ0n) is 5.52. The van der Waals surface area contributed by atoms with Gasteiger partial charge >= 0.3 is 0 Å². The molecule has 0 amide bonds. The number of nitriles is 2. The van der Waals surface area contributed by atoms with Crippen LogP contribution in [0.25, 0.3) is 0 Å². The molecule has 0 aromatic rings. The lowest BCUT2D eigenvalue weighted by Crippen LogP contribution is -1.85. The second-order valence-electron chi connectivity index (χ2n) is 1.72. The van der Waals surface area contributed by atoms with Crippen LogP contribution in [0.4, 0.5) is 0 Å². The van der Waals surface area contributed by atoms with Crippen molar-refractivity contribution in [1.82, 2.24) is 0 Å². The van der Waals surface area contributed by atoms with Crippen molar-refractivity contribution in [3.63, 3.8) is 0 Å². The first-order chi connectivity index (χ1) is 5.36. The van der Waals surface area contributed by atoms with E-state index < -0.39 is 0 Å². The van der Waals surface area contributed by atoms with Gasteiger partial charge in [0.2, 0.25) is 0 Å². The Labute approximate surface area is 73.6 Å². The quantitative estimate of drug-likeness (QED) is 0.580. The van der Waals surface area contributed by atoms with Gasteiger partial charge in [-0.25, -0.2) is 0 Å². The van der Waals surface area contributed by atoms with Gasteiger partial charge in [0.25, 0.3) is 0 Å². The molecule has 0 saturated heterocycles. The van der Waals surface area contributed by atoms with Crippen molar-refractivity contribution < 1.29 is 0 Å². The fraction of sp³-hybridized carbons (Fsp3) is 0.143. The summed E-state index contributed by atoms with van der Waals surface area (Å²) in [5, 5.41) is 20.7. The first-order valence-corrected chi connectivity index (χ1v) is 4.73. The second-order valence-corrected chi connectivity index (χ2v) is 4.12. The molecule has 0 saturated carbocycles. The Bertz CT molecular complexity index is 256. The zero-order chi connectivity index (χ0) is 8.10. The summed E-state index contributed by atoms with van der Waals surface area (Å²) in [4.78, 5) is 0. The van der Waals surface area contributed by atoms with Crippen LogP contribution >= 0.6 is 23.5 Å². The van der Waals surface area contributed by atoms with E-state index in [4.69, 9.17) is 10.5 Å². The molecule has 0 spiro atoms. The number of hydrogen-bond donors (Lipinski definition) is 0. The Balaban J connectivity index is 2.59. The standard InChI is InChI=1S/C7H4N2S2/c8-4-6(5-9)3-7-10-1-2-11-7/h1-3,7H. The highest BCUT2D eigenvalue weighted by Crippen LogP contribution is 2.34. The van der Waals surface area contributed by atoms with Crippen molar-refractivity contribution in [2.45, 2.75) is 4.58 Å². The Morgan fingerprint density at radius 1 is 1.27 bits per heavy atom. The number of thioether (sulfide) groups is 2. The Morgan fingerprint density at radius 2 is 1.82 bits per heavy atom. The minimum atomic E-state index is 0.193. The van der Waals surface area contributed by atoms with Crippen LogP contribution in [0.15, 0.2) is 22.5 Å². The molecule has 0 unspecified atom stereocenters. The van der Waals surface area contributed by atoms with Gasteiger partial charge in [-0.15, -0.1) is 23.5 Å². The second kappa shape index (κ2) is 4.12. The summed E-state index contributed by atoms with van der Waals surface area (Å²) in [6.07, 6.45) is 1.68. The summed E-state index contributed by atoms with van der Waals surface area (Å²) in [6, 6.07) is 3.65. The summed E-state index contributed by atoms with van der Waals surface area (Å²) in [5.74, 6) is 0. The van der Waals surface area contributed by atoms with Crippen LogP contribution in [-0.4, -0.2) is 4.58 Å². The molecule has 0 N–H and O–H groups in total. The van der Waals surface area contributed by atoms with Crippen LogP contribution in [0.2, 0.25) is 0 Å². The van der Waals surface area contributed by atoms with E-state index in [0.29, 0.717) is 0 Å². The summed E-state index contributed by atoms with van der Waals surface area (Å²) in [7, 11) is 0. The van der Waals surface area contributed by atoms with Crippen molar-refractivity contribution in [1.29, 1.82) is 10.5 Å². The monoisotopic (exact) mass is 180 g/mol. The van der Waals surface area contributed by atoms with Crippen molar-refractivity contribution in [3.8, 4) is 12.1 Å². The van der Waals surface area contributed by atoms with Crippen molar-refractivity contribution >= 4 is 23.5 Å². The van der Waals surface area contributed by atoms with Crippen LogP contribution in [0.5, 0.6) is 0 Å². The normalized spacial score (nSPS) is 15.5. The van der Waals surface area contributed by atoms with E-state index in [9.17, 15) is 0 Å². The smallest absolute Gasteiger partial charge is 0.127 e. The third kappa shape index (κ3) is 2.34. The first kappa shape index (κ1) is 8.26. The number of rotatable bonds is 1. The third-order valence-electron chi connectivity index (χ3n) is 1.02. The average Bonchev–Trinajstić information content (AvgIpc) is 2.52. The van der Waals surface area contributed by atoms with Gasteiger partial charge < -0.3 is 0 Å². The van der Waals surface area contributed by atoms with Crippen LogP contribution in [0.1, 0.15) is 0 Å². The Hall–Kier alpha value is -0.840. The van der Waals surface area contributed by atoms with Gasteiger partial charge in [-0.05, 0) is 16.9 Å². The molecule has 1 heterocycles. The Morgan fingerprint density at radius 3 is 2.27 bits per heavy atom. The summed E-state index contributed by atoms with van der Waals surface area (Å²) in [5.41, 5.74) is 0.193. The average molecular weight is 180 g/mol. The zero-order valence-corrected chi connectivity index (χ0v) is 7.15. The molecular weight excluding hydrogens is 176 g/mol. The van der Waals surface area contributed by atoms with Gasteiger partial charge in [0.05, 0.1) is 4.58 Å². The molecule has 11 heavy (non-hydrogen) atoms. The van der Waals surface area contributed by atoms with E-state index in [1.54, 1.807) is 29.6 Å². The maximum atomic E-state index is 8.41. The molecule has 1 aliphatic rings. The van der Waals surface area contributed by atoms with Gasteiger partial charge in [0, 0.05) is 0 Å². The highest BCUT2D eigenvalue weighted by Gasteiger charge is 2.09. The molecule has 1 aliphatic heterocycles. The van der Waals surface area contributed by atoms with Gasteiger partial charge in [0.15, 0.2) is 0 Å². The third-order valence-corrected chi connectivity index (χ3v) is 3.26. The fourth-order valence-corrected chi connectivity index (χ4v) is 2.46. The maximum Gasteiger partial charge on any atom is 0.127 e. The van der Waals surface area contributed by atoms with Gasteiger partial charge in [-0.3, -0.25) is 0 Å². The molecule has 2 nitrogen and oxygen atoms in total. The molecule has 4 heteroatoms. The van der Waals surface area contributed by atoms with Gasteiger partial charge in [0.1, 0.15) is 17.7 Å². The van der Waals surface area contributed by atoms with Crippen LogP contribution in [0, 0.1) is 22.7 Å². The first-order valence-electron chi connectivity index (χ1n) is 2.85. The predicted octanol–water partition coefficient (Wildman–Crippen LogP) is 2.24. The molecule has 0 aromatic heterocycles.